The van der Waals surface area contributed by atoms with Crippen LogP contribution in [0.15, 0.2) is 97.3 Å². The molecule has 0 spiro atoms. The summed E-state index contributed by atoms with van der Waals surface area (Å²) in [6, 6.07) is 19.9. The molecule has 3 aromatic carbocycles. The minimum absolute atomic E-state index is 0.286. The van der Waals surface area contributed by atoms with Gasteiger partial charge >= 0.3 is 23.2 Å². The van der Waals surface area contributed by atoms with Crippen molar-refractivity contribution in [3.05, 3.63) is 116 Å². The standard InChI is InChI=1S/C38H39N3O9/c1-6-40(7-2)26-17-15-24-19-28(35(43)48-30(24)21-26)34(42)39-32(38(46)47-5)33(23-13-11-10-12-14-23)50-37(45)29-20-25-16-18-27(41(8-3)9-4)22-31(25)49-36(29)44/h10-22,32-33H,6-9H2,1-5H3,(H,39,42)/t32-,33+/m0/s1. The molecule has 2 atom stereocenters. The van der Waals surface area contributed by atoms with Crippen LogP contribution >= 0.6 is 0 Å². The smallest absolute Gasteiger partial charge is 0.351 e. The molecule has 2 aromatic heterocycles. The molecule has 2 heterocycles. The van der Waals surface area contributed by atoms with Gasteiger partial charge in [-0.2, -0.15) is 0 Å². The number of ether oxygens (including phenoxy) is 2. The lowest BCUT2D eigenvalue weighted by molar-refractivity contribution is -0.146. The van der Waals surface area contributed by atoms with E-state index in [0.717, 1.165) is 44.7 Å². The number of nitrogens with one attached hydrogen (secondary N) is 1. The van der Waals surface area contributed by atoms with Crippen molar-refractivity contribution in [2.24, 2.45) is 0 Å². The number of rotatable bonds is 13. The third-order valence-corrected chi connectivity index (χ3v) is 8.57. The molecule has 5 aromatic rings. The molecule has 1 amide bonds. The summed E-state index contributed by atoms with van der Waals surface area (Å²) in [4.78, 5) is 70.8. The third-order valence-electron chi connectivity index (χ3n) is 8.57. The van der Waals surface area contributed by atoms with E-state index >= 15 is 0 Å². The largest absolute Gasteiger partial charge is 0.467 e. The van der Waals surface area contributed by atoms with Crippen molar-refractivity contribution in [2.45, 2.75) is 39.8 Å². The Morgan fingerprint density at radius 1 is 0.700 bits per heavy atom. The molecular weight excluding hydrogens is 642 g/mol. The molecule has 0 bridgehead atoms. The van der Waals surface area contributed by atoms with E-state index in [0.29, 0.717) is 16.3 Å². The Morgan fingerprint density at radius 2 is 1.20 bits per heavy atom. The van der Waals surface area contributed by atoms with Crippen molar-refractivity contribution in [2.75, 3.05) is 43.1 Å². The highest BCUT2D eigenvalue weighted by Gasteiger charge is 2.37. The van der Waals surface area contributed by atoms with Crippen LogP contribution in [0, 0.1) is 0 Å². The summed E-state index contributed by atoms with van der Waals surface area (Å²) in [5, 5.41) is 3.46. The van der Waals surface area contributed by atoms with Gasteiger partial charge in [-0.05, 0) is 69.7 Å². The summed E-state index contributed by atoms with van der Waals surface area (Å²) in [7, 11) is 1.10. The third kappa shape index (κ3) is 7.39. The van der Waals surface area contributed by atoms with Crippen molar-refractivity contribution in [1.29, 1.82) is 0 Å². The summed E-state index contributed by atoms with van der Waals surface area (Å²) in [5.41, 5.74) is -0.0758. The highest BCUT2D eigenvalue weighted by atomic mass is 16.6. The maximum Gasteiger partial charge on any atom is 0.351 e. The number of amides is 1. The number of benzene rings is 3. The van der Waals surface area contributed by atoms with Gasteiger partial charge < -0.3 is 33.4 Å². The number of hydrogen-bond donors (Lipinski definition) is 1. The zero-order valence-corrected chi connectivity index (χ0v) is 28.6. The van der Waals surface area contributed by atoms with Crippen LogP contribution < -0.4 is 26.4 Å². The van der Waals surface area contributed by atoms with E-state index in [4.69, 9.17) is 18.3 Å². The highest BCUT2D eigenvalue weighted by molar-refractivity contribution is 5.99. The van der Waals surface area contributed by atoms with Gasteiger partial charge in [0.05, 0.1) is 7.11 Å². The fourth-order valence-electron chi connectivity index (χ4n) is 5.83. The highest BCUT2D eigenvalue weighted by Crippen LogP contribution is 2.27. The Balaban J connectivity index is 1.48. The molecule has 0 aliphatic rings. The Labute approximate surface area is 288 Å². The van der Waals surface area contributed by atoms with Gasteiger partial charge in [0.1, 0.15) is 22.3 Å². The molecule has 260 valence electrons. The van der Waals surface area contributed by atoms with Gasteiger partial charge in [-0.25, -0.2) is 19.2 Å². The fraction of sp³-hybridized carbons (Fsp3) is 0.289. The number of anilines is 2. The zero-order valence-electron chi connectivity index (χ0n) is 28.6. The first-order valence-corrected chi connectivity index (χ1v) is 16.4. The number of carbonyl (C=O) groups is 3. The van der Waals surface area contributed by atoms with Crippen LogP contribution in [0.4, 0.5) is 11.4 Å². The van der Waals surface area contributed by atoms with Crippen molar-refractivity contribution < 1.29 is 32.7 Å². The maximum absolute atomic E-state index is 13.6. The summed E-state index contributed by atoms with van der Waals surface area (Å²) >= 11 is 0. The molecule has 0 aliphatic heterocycles. The molecule has 5 rings (SSSR count). The topological polar surface area (TPSA) is 149 Å². The van der Waals surface area contributed by atoms with Crippen molar-refractivity contribution in [3.63, 3.8) is 0 Å². The van der Waals surface area contributed by atoms with Crippen LogP contribution in [0.1, 0.15) is 60.1 Å². The maximum atomic E-state index is 13.6. The van der Waals surface area contributed by atoms with Crippen LogP contribution in [0.3, 0.4) is 0 Å². The van der Waals surface area contributed by atoms with Gasteiger partial charge in [-0.1, -0.05) is 30.3 Å². The minimum Gasteiger partial charge on any atom is -0.467 e. The lowest BCUT2D eigenvalue weighted by Crippen LogP contribution is -2.48. The van der Waals surface area contributed by atoms with Gasteiger partial charge in [-0.15, -0.1) is 0 Å². The fourth-order valence-corrected chi connectivity index (χ4v) is 5.83. The van der Waals surface area contributed by atoms with Crippen molar-refractivity contribution in [1.82, 2.24) is 5.32 Å². The molecule has 0 fully saturated rings. The number of nitrogens with zero attached hydrogens (tertiary/aromatic N) is 2. The van der Waals surface area contributed by atoms with Gasteiger partial charge in [0.2, 0.25) is 0 Å². The van der Waals surface area contributed by atoms with E-state index in [9.17, 15) is 24.0 Å². The predicted octanol–water partition coefficient (Wildman–Crippen LogP) is 5.46. The van der Waals surface area contributed by atoms with Gasteiger partial charge in [0.25, 0.3) is 5.91 Å². The Kier molecular flexibility index (Phi) is 11.0. The average Bonchev–Trinajstić information content (AvgIpc) is 3.13. The second-order valence-electron chi connectivity index (χ2n) is 11.4. The second-order valence-corrected chi connectivity index (χ2v) is 11.4. The number of esters is 2. The Hall–Kier alpha value is -5.91. The van der Waals surface area contributed by atoms with E-state index in [1.54, 1.807) is 54.6 Å². The number of fused-ring (bicyclic) bond motifs is 2. The molecule has 0 radical (unpaired) electrons. The second kappa shape index (κ2) is 15.5. The lowest BCUT2D eigenvalue weighted by atomic mass is 10.0. The summed E-state index contributed by atoms with van der Waals surface area (Å²) in [5.74, 6) is -3.03. The van der Waals surface area contributed by atoms with Crippen LogP contribution in [0.5, 0.6) is 0 Å². The SMILES string of the molecule is CCN(CC)c1ccc2cc(C(=O)N[C@H](C(=O)OC)[C@H](OC(=O)c3cc4ccc(N(CC)CC)cc4oc3=O)c3ccccc3)c(=O)oc2c1. The first kappa shape index (κ1) is 35.4. The van der Waals surface area contributed by atoms with Gasteiger partial charge in [0, 0.05) is 60.5 Å². The van der Waals surface area contributed by atoms with E-state index in [2.05, 4.69) is 15.1 Å². The van der Waals surface area contributed by atoms with E-state index in [1.165, 1.54) is 12.1 Å². The molecule has 1 N–H and O–H groups in total. The number of hydrogen-bond acceptors (Lipinski definition) is 11. The zero-order chi connectivity index (χ0) is 35.9. The minimum atomic E-state index is -1.64. The van der Waals surface area contributed by atoms with Crippen LogP contribution in [0.2, 0.25) is 0 Å². The summed E-state index contributed by atoms with van der Waals surface area (Å²) < 4.78 is 21.8. The average molecular weight is 682 g/mol. The summed E-state index contributed by atoms with van der Waals surface area (Å²) in [6.45, 7) is 11.0. The van der Waals surface area contributed by atoms with Crippen molar-refractivity contribution >= 4 is 51.2 Å². The van der Waals surface area contributed by atoms with Gasteiger partial charge in [-0.3, -0.25) is 4.79 Å². The Bertz CT molecular complexity index is 2130. The molecule has 12 heteroatoms. The number of methoxy groups -OCH3 is 1. The van der Waals surface area contributed by atoms with Crippen LogP contribution in [-0.2, 0) is 14.3 Å². The first-order valence-electron chi connectivity index (χ1n) is 16.4. The monoisotopic (exact) mass is 681 g/mol. The quantitative estimate of drug-likeness (QED) is 0.125. The van der Waals surface area contributed by atoms with Crippen LogP contribution in [-0.4, -0.2) is 57.2 Å². The van der Waals surface area contributed by atoms with E-state index in [-0.39, 0.29) is 16.7 Å². The normalized spacial score (nSPS) is 12.3. The summed E-state index contributed by atoms with van der Waals surface area (Å²) in [6.07, 6.45) is -1.48. The van der Waals surface area contributed by atoms with Gasteiger partial charge in [0.15, 0.2) is 12.1 Å². The molecule has 0 saturated heterocycles. The van der Waals surface area contributed by atoms with E-state index < -0.39 is 46.8 Å². The molecule has 12 nitrogen and oxygen atoms in total. The molecular formula is C38H39N3O9. The number of carbonyl (C=O) groups excluding carboxylic acids is 3. The van der Waals surface area contributed by atoms with Crippen molar-refractivity contribution in [3.8, 4) is 0 Å². The van der Waals surface area contributed by atoms with E-state index in [1.807, 2.05) is 39.8 Å². The molecule has 50 heavy (non-hydrogen) atoms. The molecule has 0 saturated carbocycles. The predicted molar refractivity (Wildman–Crippen MR) is 190 cm³/mol. The van der Waals surface area contributed by atoms with Crippen LogP contribution in [0.25, 0.3) is 21.9 Å². The molecule has 0 aliphatic carbocycles. The molecule has 0 unspecified atom stereocenters. The lowest BCUT2D eigenvalue weighted by Gasteiger charge is -2.26. The first-order chi connectivity index (χ1) is 24.1. The Morgan fingerprint density at radius 3 is 1.70 bits per heavy atom.